The number of hydrogen-bond donors (Lipinski definition) is 1. The van der Waals surface area contributed by atoms with Crippen LogP contribution in [0, 0.1) is 5.82 Å². The van der Waals surface area contributed by atoms with Gasteiger partial charge in [0.15, 0.2) is 5.75 Å². The van der Waals surface area contributed by atoms with Gasteiger partial charge in [-0.2, -0.15) is 0 Å². The number of halogens is 1. The zero-order valence-corrected chi connectivity index (χ0v) is 14.2. The number of ether oxygens (including phenoxy) is 2. The third-order valence-corrected chi connectivity index (χ3v) is 3.68. The van der Waals surface area contributed by atoms with Crippen LogP contribution in [0.5, 0.6) is 17.2 Å². The second-order valence-electron chi connectivity index (χ2n) is 5.63. The SMILES string of the molecule is COc1cccc(CC(=O)Nc2ccccc2Oc2cccc(F)c2)c1. The second-order valence-corrected chi connectivity index (χ2v) is 5.63. The van der Waals surface area contributed by atoms with Crippen LogP contribution >= 0.6 is 0 Å². The normalized spacial score (nSPS) is 10.2. The fraction of sp³-hybridized carbons (Fsp3) is 0.0952. The number of anilines is 1. The summed E-state index contributed by atoms with van der Waals surface area (Å²) < 4.78 is 24.2. The predicted octanol–water partition coefficient (Wildman–Crippen LogP) is 4.81. The summed E-state index contributed by atoms with van der Waals surface area (Å²) in [4.78, 5) is 12.4. The minimum absolute atomic E-state index is 0.187. The molecule has 4 nitrogen and oxygen atoms in total. The molecule has 0 saturated heterocycles. The van der Waals surface area contributed by atoms with Crippen molar-refractivity contribution >= 4 is 11.6 Å². The molecule has 0 bridgehead atoms. The van der Waals surface area contributed by atoms with Gasteiger partial charge in [-0.3, -0.25) is 4.79 Å². The molecule has 0 unspecified atom stereocenters. The molecule has 0 spiro atoms. The quantitative estimate of drug-likeness (QED) is 0.693. The molecule has 0 fully saturated rings. The summed E-state index contributed by atoms with van der Waals surface area (Å²) in [7, 11) is 1.58. The number of hydrogen-bond acceptors (Lipinski definition) is 3. The minimum Gasteiger partial charge on any atom is -0.497 e. The van der Waals surface area contributed by atoms with Crippen LogP contribution in [0.3, 0.4) is 0 Å². The molecule has 0 aliphatic heterocycles. The number of carbonyl (C=O) groups excluding carboxylic acids is 1. The number of para-hydroxylation sites is 2. The van der Waals surface area contributed by atoms with Gasteiger partial charge >= 0.3 is 0 Å². The summed E-state index contributed by atoms with van der Waals surface area (Å²) in [5, 5.41) is 2.83. The summed E-state index contributed by atoms with van der Waals surface area (Å²) in [6.45, 7) is 0. The number of methoxy groups -OCH3 is 1. The topological polar surface area (TPSA) is 47.6 Å². The molecule has 1 amide bonds. The largest absolute Gasteiger partial charge is 0.497 e. The predicted molar refractivity (Wildman–Crippen MR) is 98.2 cm³/mol. The number of benzene rings is 3. The molecule has 26 heavy (non-hydrogen) atoms. The van der Waals surface area contributed by atoms with E-state index in [2.05, 4.69) is 5.32 Å². The van der Waals surface area contributed by atoms with E-state index in [1.807, 2.05) is 24.3 Å². The first kappa shape index (κ1) is 17.5. The van der Waals surface area contributed by atoms with Crippen LogP contribution in [0.15, 0.2) is 72.8 Å². The van der Waals surface area contributed by atoms with Crippen LogP contribution in [-0.2, 0) is 11.2 Å². The molecule has 3 rings (SSSR count). The molecular formula is C21H18FNO3. The lowest BCUT2D eigenvalue weighted by Gasteiger charge is -2.12. The van der Waals surface area contributed by atoms with Crippen LogP contribution in [0.1, 0.15) is 5.56 Å². The first-order valence-electron chi connectivity index (χ1n) is 8.09. The molecule has 1 N–H and O–H groups in total. The molecule has 0 heterocycles. The number of carbonyl (C=O) groups is 1. The summed E-state index contributed by atoms with van der Waals surface area (Å²) in [6.07, 6.45) is 0.200. The summed E-state index contributed by atoms with van der Waals surface area (Å²) >= 11 is 0. The van der Waals surface area contributed by atoms with Gasteiger partial charge in [-0.25, -0.2) is 4.39 Å². The monoisotopic (exact) mass is 351 g/mol. The third kappa shape index (κ3) is 4.60. The van der Waals surface area contributed by atoms with E-state index in [0.29, 0.717) is 22.9 Å². The van der Waals surface area contributed by atoms with Crippen LogP contribution in [0.4, 0.5) is 10.1 Å². The fourth-order valence-electron chi connectivity index (χ4n) is 2.48. The van der Waals surface area contributed by atoms with E-state index in [9.17, 15) is 9.18 Å². The molecular weight excluding hydrogens is 333 g/mol. The summed E-state index contributed by atoms with van der Waals surface area (Å²) in [5.74, 6) is 0.928. The summed E-state index contributed by atoms with van der Waals surface area (Å²) in [6, 6.07) is 20.2. The van der Waals surface area contributed by atoms with Crippen LogP contribution < -0.4 is 14.8 Å². The number of amides is 1. The maximum atomic E-state index is 13.3. The van der Waals surface area contributed by atoms with Gasteiger partial charge in [0.2, 0.25) is 5.91 Å². The molecule has 0 aliphatic rings. The highest BCUT2D eigenvalue weighted by Crippen LogP contribution is 2.29. The molecule has 0 radical (unpaired) electrons. The Morgan fingerprint density at radius 2 is 1.73 bits per heavy atom. The molecule has 132 valence electrons. The number of nitrogens with one attached hydrogen (secondary N) is 1. The Morgan fingerprint density at radius 3 is 2.54 bits per heavy atom. The molecule has 3 aromatic carbocycles. The second kappa shape index (κ2) is 8.16. The molecule has 5 heteroatoms. The lowest BCUT2D eigenvalue weighted by molar-refractivity contribution is -0.115. The highest BCUT2D eigenvalue weighted by atomic mass is 19.1. The van der Waals surface area contributed by atoms with E-state index in [4.69, 9.17) is 9.47 Å². The number of rotatable bonds is 6. The Morgan fingerprint density at radius 1 is 0.962 bits per heavy atom. The van der Waals surface area contributed by atoms with E-state index in [1.165, 1.54) is 12.1 Å². The van der Waals surface area contributed by atoms with Crippen LogP contribution in [0.2, 0.25) is 0 Å². The van der Waals surface area contributed by atoms with E-state index < -0.39 is 0 Å². The van der Waals surface area contributed by atoms with Gasteiger partial charge in [0.05, 0.1) is 19.2 Å². The van der Waals surface area contributed by atoms with Crippen molar-refractivity contribution in [1.29, 1.82) is 0 Å². The van der Waals surface area contributed by atoms with Crippen LogP contribution in [0.25, 0.3) is 0 Å². The highest BCUT2D eigenvalue weighted by molar-refractivity contribution is 5.93. The maximum absolute atomic E-state index is 13.3. The van der Waals surface area contributed by atoms with Crippen molar-refractivity contribution in [3.8, 4) is 17.2 Å². The van der Waals surface area contributed by atoms with Gasteiger partial charge in [-0.15, -0.1) is 0 Å². The standard InChI is InChI=1S/C21H18FNO3/c1-25-17-8-4-6-15(12-17)13-21(24)23-19-10-2-3-11-20(19)26-18-9-5-7-16(22)14-18/h2-12,14H,13H2,1H3,(H,23,24). The Bertz CT molecular complexity index is 911. The maximum Gasteiger partial charge on any atom is 0.228 e. The molecule has 0 aliphatic carbocycles. The lowest BCUT2D eigenvalue weighted by Crippen LogP contribution is -2.15. The van der Waals surface area contributed by atoms with Gasteiger partial charge in [0, 0.05) is 6.07 Å². The fourth-order valence-corrected chi connectivity index (χ4v) is 2.48. The van der Waals surface area contributed by atoms with Gasteiger partial charge in [-0.1, -0.05) is 30.3 Å². The molecule has 0 atom stereocenters. The van der Waals surface area contributed by atoms with Crippen molar-refractivity contribution in [2.75, 3.05) is 12.4 Å². The Balaban J connectivity index is 1.72. The van der Waals surface area contributed by atoms with Crippen molar-refractivity contribution in [3.05, 3.63) is 84.2 Å². The van der Waals surface area contributed by atoms with Gasteiger partial charge in [-0.05, 0) is 42.0 Å². The Hall–Kier alpha value is -3.34. The third-order valence-electron chi connectivity index (χ3n) is 3.68. The Kier molecular flexibility index (Phi) is 5.49. The van der Waals surface area contributed by atoms with Crippen molar-refractivity contribution in [3.63, 3.8) is 0 Å². The molecule has 3 aromatic rings. The molecule has 0 aromatic heterocycles. The van der Waals surface area contributed by atoms with Crippen LogP contribution in [-0.4, -0.2) is 13.0 Å². The van der Waals surface area contributed by atoms with Gasteiger partial charge < -0.3 is 14.8 Å². The first-order valence-corrected chi connectivity index (χ1v) is 8.09. The zero-order chi connectivity index (χ0) is 18.4. The minimum atomic E-state index is -0.387. The first-order chi connectivity index (χ1) is 12.6. The Labute approximate surface area is 151 Å². The molecule has 0 saturated carbocycles. The van der Waals surface area contributed by atoms with Crippen molar-refractivity contribution < 1.29 is 18.7 Å². The van der Waals surface area contributed by atoms with Gasteiger partial charge in [0.1, 0.15) is 17.3 Å². The van der Waals surface area contributed by atoms with E-state index in [1.54, 1.807) is 43.5 Å². The zero-order valence-electron chi connectivity index (χ0n) is 14.2. The smallest absolute Gasteiger partial charge is 0.228 e. The van der Waals surface area contributed by atoms with Gasteiger partial charge in [0.25, 0.3) is 0 Å². The average molecular weight is 351 g/mol. The van der Waals surface area contributed by atoms with E-state index in [0.717, 1.165) is 5.56 Å². The highest BCUT2D eigenvalue weighted by Gasteiger charge is 2.10. The van der Waals surface area contributed by atoms with E-state index in [-0.39, 0.29) is 18.1 Å². The van der Waals surface area contributed by atoms with Crippen molar-refractivity contribution in [2.45, 2.75) is 6.42 Å². The lowest BCUT2D eigenvalue weighted by atomic mass is 10.1. The van der Waals surface area contributed by atoms with Crippen molar-refractivity contribution in [2.24, 2.45) is 0 Å². The van der Waals surface area contributed by atoms with Crippen molar-refractivity contribution in [1.82, 2.24) is 0 Å². The van der Waals surface area contributed by atoms with E-state index >= 15 is 0 Å². The summed E-state index contributed by atoms with van der Waals surface area (Å²) in [5.41, 5.74) is 1.36. The average Bonchev–Trinajstić information content (AvgIpc) is 2.63.